The van der Waals surface area contributed by atoms with Crippen LogP contribution in [-0.4, -0.2) is 9.55 Å². The Morgan fingerprint density at radius 3 is 2.69 bits per heavy atom. The fraction of sp³-hybridized carbons (Fsp3) is 0.182. The zero-order valence-electron chi connectivity index (χ0n) is 8.69. The summed E-state index contributed by atoms with van der Waals surface area (Å²) in [5, 5.41) is 0. The topological polar surface area (TPSA) is 43.8 Å². The highest BCUT2D eigenvalue weighted by molar-refractivity contribution is 5.43. The van der Waals surface area contributed by atoms with Gasteiger partial charge >= 0.3 is 5.92 Å². The molecule has 0 spiro atoms. The quantitative estimate of drug-likeness (QED) is 0.793. The van der Waals surface area contributed by atoms with E-state index in [1.807, 2.05) is 0 Å². The Morgan fingerprint density at radius 2 is 2.12 bits per heavy atom. The molecular weight excluding hydrogens is 212 g/mol. The Bertz CT molecular complexity index is 505. The predicted octanol–water partition coefficient (Wildman–Crippen LogP) is 2.14. The van der Waals surface area contributed by atoms with Crippen molar-refractivity contribution >= 4 is 5.69 Å². The van der Waals surface area contributed by atoms with E-state index in [4.69, 9.17) is 5.73 Å². The average molecular weight is 223 g/mol. The van der Waals surface area contributed by atoms with Gasteiger partial charge in [-0.15, -0.1) is 0 Å². The lowest BCUT2D eigenvalue weighted by Crippen LogP contribution is -2.20. The van der Waals surface area contributed by atoms with Crippen molar-refractivity contribution in [1.29, 1.82) is 0 Å². The van der Waals surface area contributed by atoms with Crippen LogP contribution in [0.25, 0.3) is 0 Å². The number of hydrogen-bond donors (Lipinski definition) is 1. The molecule has 0 aliphatic rings. The van der Waals surface area contributed by atoms with Crippen molar-refractivity contribution in [3.05, 3.63) is 48.0 Å². The lowest BCUT2D eigenvalue weighted by molar-refractivity contribution is 0.0300. The van der Waals surface area contributed by atoms with Crippen LogP contribution in [0.5, 0.6) is 0 Å². The van der Waals surface area contributed by atoms with E-state index in [9.17, 15) is 8.78 Å². The SMILES string of the molecule is Cn1ccnc1C(F)(F)c1cccc(N)c1. The van der Waals surface area contributed by atoms with E-state index in [0.29, 0.717) is 5.69 Å². The number of aryl methyl sites for hydroxylation is 1. The fourth-order valence-electron chi connectivity index (χ4n) is 1.53. The van der Waals surface area contributed by atoms with Crippen LogP contribution in [0.3, 0.4) is 0 Å². The number of aromatic nitrogens is 2. The number of nitrogens with two attached hydrogens (primary N) is 1. The van der Waals surface area contributed by atoms with Crippen LogP contribution in [0.2, 0.25) is 0 Å². The van der Waals surface area contributed by atoms with E-state index in [1.54, 1.807) is 6.07 Å². The molecule has 0 fully saturated rings. The summed E-state index contributed by atoms with van der Waals surface area (Å²) in [5.41, 5.74) is 5.65. The van der Waals surface area contributed by atoms with Crippen molar-refractivity contribution in [3.63, 3.8) is 0 Å². The maximum atomic E-state index is 14.0. The summed E-state index contributed by atoms with van der Waals surface area (Å²) < 4.78 is 29.3. The van der Waals surface area contributed by atoms with Crippen molar-refractivity contribution in [1.82, 2.24) is 9.55 Å². The number of nitrogen functional groups attached to an aromatic ring is 1. The average Bonchev–Trinajstić information content (AvgIpc) is 2.65. The Labute approximate surface area is 91.5 Å². The number of benzene rings is 1. The van der Waals surface area contributed by atoms with Gasteiger partial charge in [-0.05, 0) is 12.1 Å². The van der Waals surface area contributed by atoms with Crippen LogP contribution in [0.15, 0.2) is 36.7 Å². The van der Waals surface area contributed by atoms with E-state index in [1.165, 1.54) is 42.2 Å². The molecule has 1 aromatic carbocycles. The third-order valence-corrected chi connectivity index (χ3v) is 2.35. The zero-order chi connectivity index (χ0) is 11.8. The molecule has 0 saturated heterocycles. The Hall–Kier alpha value is -1.91. The Balaban J connectivity index is 2.51. The highest BCUT2D eigenvalue weighted by Crippen LogP contribution is 2.34. The second kappa shape index (κ2) is 3.59. The standard InChI is InChI=1S/C11H11F2N3/c1-16-6-5-15-10(16)11(12,13)8-3-2-4-9(14)7-8/h2-7H,14H2,1H3. The zero-order valence-corrected chi connectivity index (χ0v) is 8.69. The Morgan fingerprint density at radius 1 is 1.38 bits per heavy atom. The monoisotopic (exact) mass is 223 g/mol. The molecule has 0 aliphatic carbocycles. The molecule has 0 aliphatic heterocycles. The maximum Gasteiger partial charge on any atom is 0.330 e. The van der Waals surface area contributed by atoms with Crippen LogP contribution in [0.1, 0.15) is 11.4 Å². The molecule has 16 heavy (non-hydrogen) atoms. The molecule has 0 saturated carbocycles. The maximum absolute atomic E-state index is 14.0. The van der Waals surface area contributed by atoms with Gasteiger partial charge in [0.2, 0.25) is 0 Å². The predicted molar refractivity (Wildman–Crippen MR) is 57.1 cm³/mol. The lowest BCUT2D eigenvalue weighted by Gasteiger charge is -2.16. The number of nitrogens with zero attached hydrogens (tertiary/aromatic N) is 2. The van der Waals surface area contributed by atoms with Gasteiger partial charge in [-0.25, -0.2) is 4.98 Å². The minimum Gasteiger partial charge on any atom is -0.399 e. The van der Waals surface area contributed by atoms with Crippen LogP contribution >= 0.6 is 0 Å². The van der Waals surface area contributed by atoms with Gasteiger partial charge < -0.3 is 10.3 Å². The van der Waals surface area contributed by atoms with Gasteiger partial charge in [0.15, 0.2) is 5.82 Å². The normalized spacial score (nSPS) is 11.7. The number of hydrogen-bond acceptors (Lipinski definition) is 2. The van der Waals surface area contributed by atoms with Gasteiger partial charge in [-0.1, -0.05) is 12.1 Å². The van der Waals surface area contributed by atoms with E-state index in [-0.39, 0.29) is 11.4 Å². The van der Waals surface area contributed by atoms with E-state index < -0.39 is 5.92 Å². The van der Waals surface area contributed by atoms with Gasteiger partial charge in [0.05, 0.1) is 0 Å². The smallest absolute Gasteiger partial charge is 0.330 e. The van der Waals surface area contributed by atoms with Crippen LogP contribution < -0.4 is 5.73 Å². The number of imidazole rings is 1. The van der Waals surface area contributed by atoms with Gasteiger partial charge in [0.25, 0.3) is 0 Å². The van der Waals surface area contributed by atoms with Crippen LogP contribution in [-0.2, 0) is 13.0 Å². The summed E-state index contributed by atoms with van der Waals surface area (Å²) in [4.78, 5) is 3.67. The van der Waals surface area contributed by atoms with Gasteiger partial charge in [0.1, 0.15) is 0 Å². The molecule has 0 atom stereocenters. The molecule has 0 bridgehead atoms. The summed E-state index contributed by atoms with van der Waals surface area (Å²) in [6.45, 7) is 0. The minimum atomic E-state index is -3.13. The molecule has 2 aromatic rings. The van der Waals surface area contributed by atoms with Gasteiger partial charge in [0, 0.05) is 30.7 Å². The number of rotatable bonds is 2. The third-order valence-electron chi connectivity index (χ3n) is 2.35. The first-order chi connectivity index (χ1) is 7.51. The molecule has 1 aromatic heterocycles. The molecule has 0 radical (unpaired) electrons. The first kappa shape index (κ1) is 10.6. The molecule has 3 nitrogen and oxygen atoms in total. The minimum absolute atomic E-state index is 0.151. The molecular formula is C11H11F2N3. The van der Waals surface area contributed by atoms with Crippen molar-refractivity contribution in [2.45, 2.75) is 5.92 Å². The second-order valence-electron chi connectivity index (χ2n) is 3.56. The number of anilines is 1. The summed E-state index contributed by atoms with van der Waals surface area (Å²) >= 11 is 0. The van der Waals surface area contributed by atoms with Gasteiger partial charge in [-0.3, -0.25) is 0 Å². The molecule has 0 amide bonds. The van der Waals surface area contributed by atoms with E-state index >= 15 is 0 Å². The lowest BCUT2D eigenvalue weighted by atomic mass is 10.1. The van der Waals surface area contributed by atoms with Crippen LogP contribution in [0, 0.1) is 0 Å². The first-order valence-electron chi connectivity index (χ1n) is 4.73. The van der Waals surface area contributed by atoms with E-state index in [0.717, 1.165) is 0 Å². The molecule has 2 N–H and O–H groups in total. The van der Waals surface area contributed by atoms with Crippen molar-refractivity contribution in [2.24, 2.45) is 7.05 Å². The van der Waals surface area contributed by atoms with Crippen LogP contribution in [0.4, 0.5) is 14.5 Å². The summed E-state index contributed by atoms with van der Waals surface area (Å²) in [6.07, 6.45) is 2.82. The Kier molecular flexibility index (Phi) is 2.38. The molecule has 0 unspecified atom stereocenters. The molecule has 84 valence electrons. The summed E-state index contributed by atoms with van der Waals surface area (Å²) in [6, 6.07) is 5.67. The fourth-order valence-corrected chi connectivity index (χ4v) is 1.53. The highest BCUT2D eigenvalue weighted by Gasteiger charge is 2.38. The summed E-state index contributed by atoms with van der Waals surface area (Å²) in [7, 11) is 1.53. The van der Waals surface area contributed by atoms with Crippen molar-refractivity contribution in [2.75, 3.05) is 5.73 Å². The molecule has 5 heteroatoms. The van der Waals surface area contributed by atoms with Crippen molar-refractivity contribution in [3.8, 4) is 0 Å². The first-order valence-corrected chi connectivity index (χ1v) is 4.73. The number of halogens is 2. The third kappa shape index (κ3) is 1.64. The number of alkyl halides is 2. The molecule has 1 heterocycles. The second-order valence-corrected chi connectivity index (χ2v) is 3.56. The van der Waals surface area contributed by atoms with Gasteiger partial charge in [-0.2, -0.15) is 8.78 Å². The highest BCUT2D eigenvalue weighted by atomic mass is 19.3. The molecule has 2 rings (SSSR count). The van der Waals surface area contributed by atoms with E-state index in [2.05, 4.69) is 4.98 Å². The largest absolute Gasteiger partial charge is 0.399 e. The summed E-state index contributed by atoms with van der Waals surface area (Å²) in [5.74, 6) is -3.42. The van der Waals surface area contributed by atoms with Crippen molar-refractivity contribution < 1.29 is 8.78 Å².